The highest BCUT2D eigenvalue weighted by Crippen LogP contribution is 2.18. The van der Waals surface area contributed by atoms with E-state index < -0.39 is 10.2 Å². The van der Waals surface area contributed by atoms with E-state index in [-0.39, 0.29) is 18.2 Å². The third kappa shape index (κ3) is 5.24. The summed E-state index contributed by atoms with van der Waals surface area (Å²) in [6, 6.07) is 10.4. The number of nitrogens with zero attached hydrogens (tertiary/aromatic N) is 2. The molecule has 2 aliphatic rings. The zero-order valence-corrected chi connectivity index (χ0v) is 15.9. The quantitative estimate of drug-likeness (QED) is 0.859. The van der Waals surface area contributed by atoms with Crippen LogP contribution in [-0.2, 0) is 21.5 Å². The number of ether oxygens (including phenoxy) is 1. The largest absolute Gasteiger partial charge is 0.373 e. The van der Waals surface area contributed by atoms with Gasteiger partial charge in [0.2, 0.25) is 0 Å². The molecule has 140 valence electrons. The van der Waals surface area contributed by atoms with E-state index in [0.29, 0.717) is 13.1 Å². The van der Waals surface area contributed by atoms with E-state index in [4.69, 9.17) is 4.74 Å². The van der Waals surface area contributed by atoms with Crippen LogP contribution in [0.4, 0.5) is 0 Å². The molecule has 0 bridgehead atoms. The van der Waals surface area contributed by atoms with E-state index in [1.54, 1.807) is 0 Å². The minimum atomic E-state index is -3.44. The van der Waals surface area contributed by atoms with Crippen LogP contribution >= 0.6 is 0 Å². The topological polar surface area (TPSA) is 61.9 Å². The van der Waals surface area contributed by atoms with Crippen LogP contribution in [0.3, 0.4) is 0 Å². The summed E-state index contributed by atoms with van der Waals surface area (Å²) >= 11 is 0. The molecular weight excluding hydrogens is 338 g/mol. The van der Waals surface area contributed by atoms with Gasteiger partial charge in [-0.1, -0.05) is 30.3 Å². The molecule has 6 nitrogen and oxygen atoms in total. The van der Waals surface area contributed by atoms with Crippen LogP contribution < -0.4 is 4.72 Å². The fraction of sp³-hybridized carbons (Fsp3) is 0.667. The predicted molar refractivity (Wildman–Crippen MR) is 98.4 cm³/mol. The summed E-state index contributed by atoms with van der Waals surface area (Å²) in [4.78, 5) is 2.39. The molecule has 0 unspecified atom stereocenters. The molecule has 0 amide bonds. The van der Waals surface area contributed by atoms with Crippen molar-refractivity contribution in [2.24, 2.45) is 0 Å². The minimum absolute atomic E-state index is 0.0190. The van der Waals surface area contributed by atoms with Gasteiger partial charge in [0.25, 0.3) is 10.2 Å². The van der Waals surface area contributed by atoms with Gasteiger partial charge in [-0.05, 0) is 32.3 Å². The summed E-state index contributed by atoms with van der Waals surface area (Å²) in [5, 5.41) is 0. The number of rotatable bonds is 5. The average molecular weight is 368 g/mol. The molecule has 1 N–H and O–H groups in total. The first-order chi connectivity index (χ1) is 11.9. The second kappa shape index (κ2) is 8.14. The Hall–Kier alpha value is -0.990. The Morgan fingerprint density at radius 3 is 2.28 bits per heavy atom. The normalized spacial score (nSPS) is 27.4. The number of morpholine rings is 1. The van der Waals surface area contributed by atoms with Crippen LogP contribution in [0.15, 0.2) is 30.3 Å². The molecule has 2 heterocycles. The lowest BCUT2D eigenvalue weighted by atomic mass is 10.1. The molecule has 0 radical (unpaired) electrons. The molecule has 2 aliphatic heterocycles. The van der Waals surface area contributed by atoms with Crippen molar-refractivity contribution in [2.45, 2.75) is 51.5 Å². The second-order valence-electron chi connectivity index (χ2n) is 7.23. The first-order valence-electron chi connectivity index (χ1n) is 9.11. The van der Waals surface area contributed by atoms with Crippen LogP contribution in [-0.4, -0.2) is 62.1 Å². The van der Waals surface area contributed by atoms with Crippen LogP contribution in [0, 0.1) is 0 Å². The summed E-state index contributed by atoms with van der Waals surface area (Å²) in [7, 11) is -3.44. The summed E-state index contributed by atoms with van der Waals surface area (Å²) in [5.74, 6) is 0. The lowest BCUT2D eigenvalue weighted by Crippen LogP contribution is -2.55. The van der Waals surface area contributed by atoms with Crippen LogP contribution in [0.5, 0.6) is 0 Å². The van der Waals surface area contributed by atoms with Gasteiger partial charge in [0.05, 0.1) is 12.2 Å². The first kappa shape index (κ1) is 18.8. The zero-order valence-electron chi connectivity index (χ0n) is 15.1. The summed E-state index contributed by atoms with van der Waals surface area (Å²) in [6.45, 7) is 7.44. The zero-order chi connectivity index (χ0) is 17.9. The lowest BCUT2D eigenvalue weighted by molar-refractivity contribution is -0.0445. The van der Waals surface area contributed by atoms with Crippen molar-refractivity contribution in [3.63, 3.8) is 0 Å². The molecule has 1 aromatic carbocycles. The van der Waals surface area contributed by atoms with Crippen LogP contribution in [0.1, 0.15) is 32.3 Å². The van der Waals surface area contributed by atoms with Gasteiger partial charge < -0.3 is 4.74 Å². The molecule has 0 saturated carbocycles. The van der Waals surface area contributed by atoms with E-state index in [1.165, 1.54) is 9.87 Å². The molecule has 1 aromatic rings. The number of benzene rings is 1. The standard InChI is InChI=1S/C18H29N3O3S/c1-15-12-21(13-16(2)24-15)25(22,23)19-18-8-10-20(11-9-18)14-17-6-4-3-5-7-17/h3-7,15-16,18-19H,8-14H2,1-2H3/t15-,16-/m0/s1. The van der Waals surface area contributed by atoms with Crippen molar-refractivity contribution < 1.29 is 13.2 Å². The molecule has 0 aromatic heterocycles. The molecule has 2 fully saturated rings. The Bertz CT molecular complexity index is 635. The van der Waals surface area contributed by atoms with Crippen molar-refractivity contribution in [3.8, 4) is 0 Å². The van der Waals surface area contributed by atoms with Gasteiger partial charge in [0, 0.05) is 38.8 Å². The number of nitrogens with one attached hydrogen (secondary N) is 1. The monoisotopic (exact) mass is 367 g/mol. The van der Waals surface area contributed by atoms with Gasteiger partial charge >= 0.3 is 0 Å². The summed E-state index contributed by atoms with van der Waals surface area (Å²) in [6.07, 6.45) is 1.57. The highest BCUT2D eigenvalue weighted by Gasteiger charge is 2.33. The Labute approximate surface area is 151 Å². The van der Waals surface area contributed by atoms with Gasteiger partial charge in [0.1, 0.15) is 0 Å². The summed E-state index contributed by atoms with van der Waals surface area (Å²) < 4.78 is 35.4. The maximum Gasteiger partial charge on any atom is 0.279 e. The van der Waals surface area contributed by atoms with Crippen molar-refractivity contribution in [1.82, 2.24) is 13.9 Å². The van der Waals surface area contributed by atoms with E-state index in [2.05, 4.69) is 33.9 Å². The number of likely N-dealkylation sites (tertiary alicyclic amines) is 1. The van der Waals surface area contributed by atoms with E-state index >= 15 is 0 Å². The maximum absolute atomic E-state index is 12.7. The molecular formula is C18H29N3O3S. The predicted octanol–water partition coefficient (Wildman–Crippen LogP) is 1.59. The van der Waals surface area contributed by atoms with Crippen molar-refractivity contribution in [1.29, 1.82) is 0 Å². The van der Waals surface area contributed by atoms with Gasteiger partial charge in [-0.3, -0.25) is 4.90 Å². The number of hydrogen-bond acceptors (Lipinski definition) is 4. The minimum Gasteiger partial charge on any atom is -0.373 e. The Morgan fingerprint density at radius 1 is 1.08 bits per heavy atom. The van der Waals surface area contributed by atoms with Crippen LogP contribution in [0.2, 0.25) is 0 Å². The van der Waals surface area contributed by atoms with E-state index in [1.807, 2.05) is 19.9 Å². The highest BCUT2D eigenvalue weighted by molar-refractivity contribution is 7.87. The SMILES string of the molecule is C[C@H]1CN(S(=O)(=O)NC2CCN(Cc3ccccc3)CC2)C[C@H](C)O1. The molecule has 25 heavy (non-hydrogen) atoms. The molecule has 2 atom stereocenters. The van der Waals surface area contributed by atoms with Gasteiger partial charge in [-0.2, -0.15) is 17.4 Å². The van der Waals surface area contributed by atoms with Crippen molar-refractivity contribution in [3.05, 3.63) is 35.9 Å². The van der Waals surface area contributed by atoms with Crippen molar-refractivity contribution >= 4 is 10.2 Å². The second-order valence-corrected chi connectivity index (χ2v) is 8.94. The smallest absolute Gasteiger partial charge is 0.279 e. The van der Waals surface area contributed by atoms with E-state index in [0.717, 1.165) is 32.5 Å². The lowest BCUT2D eigenvalue weighted by Gasteiger charge is -2.37. The first-order valence-corrected chi connectivity index (χ1v) is 10.6. The maximum atomic E-state index is 12.7. The van der Waals surface area contributed by atoms with Gasteiger partial charge in [0.15, 0.2) is 0 Å². The highest BCUT2D eigenvalue weighted by atomic mass is 32.2. The Balaban J connectivity index is 1.49. The molecule has 0 aliphatic carbocycles. The Kier molecular flexibility index (Phi) is 6.12. The van der Waals surface area contributed by atoms with Gasteiger partial charge in [-0.15, -0.1) is 0 Å². The van der Waals surface area contributed by atoms with Crippen LogP contribution in [0.25, 0.3) is 0 Å². The fourth-order valence-corrected chi connectivity index (χ4v) is 5.28. The third-order valence-corrected chi connectivity index (χ3v) is 6.49. The third-order valence-electron chi connectivity index (χ3n) is 4.88. The number of hydrogen-bond donors (Lipinski definition) is 1. The molecule has 2 saturated heterocycles. The van der Waals surface area contributed by atoms with Gasteiger partial charge in [-0.25, -0.2) is 0 Å². The average Bonchev–Trinajstić information content (AvgIpc) is 2.56. The van der Waals surface area contributed by atoms with Crippen molar-refractivity contribution in [2.75, 3.05) is 26.2 Å². The Morgan fingerprint density at radius 2 is 1.68 bits per heavy atom. The summed E-state index contributed by atoms with van der Waals surface area (Å²) in [5.41, 5.74) is 1.30. The molecule has 0 spiro atoms. The van der Waals surface area contributed by atoms with E-state index in [9.17, 15) is 8.42 Å². The molecule has 3 rings (SSSR count). The molecule has 7 heteroatoms. The fourth-order valence-electron chi connectivity index (χ4n) is 3.66. The number of piperidine rings is 1.